The lowest BCUT2D eigenvalue weighted by atomic mass is 10.1. The van der Waals surface area contributed by atoms with Gasteiger partial charge in [0, 0.05) is 37.4 Å². The monoisotopic (exact) mass is 506 g/mol. The van der Waals surface area contributed by atoms with Gasteiger partial charge in [-0.1, -0.05) is 0 Å². The maximum atomic E-state index is 15.8. The summed E-state index contributed by atoms with van der Waals surface area (Å²) in [5.41, 5.74) is -2.87. The number of pyridine rings is 1. The predicted octanol–water partition coefficient (Wildman–Crippen LogP) is 2.69. The first kappa shape index (κ1) is 24.8. The molecule has 0 radical (unpaired) electrons. The molecule has 1 saturated heterocycles. The lowest BCUT2D eigenvalue weighted by Gasteiger charge is -2.38. The Balaban J connectivity index is 1.85. The van der Waals surface area contributed by atoms with Crippen molar-refractivity contribution in [2.24, 2.45) is 0 Å². The van der Waals surface area contributed by atoms with Gasteiger partial charge < -0.3 is 19.6 Å². The highest BCUT2D eigenvalue weighted by atomic mass is 19.4. The lowest BCUT2D eigenvalue weighted by Crippen LogP contribution is -2.54. The van der Waals surface area contributed by atoms with E-state index < -0.39 is 69.1 Å². The van der Waals surface area contributed by atoms with Crippen LogP contribution in [0.25, 0.3) is 10.9 Å². The Morgan fingerprint density at radius 2 is 1.66 bits per heavy atom. The zero-order valence-corrected chi connectivity index (χ0v) is 18.4. The van der Waals surface area contributed by atoms with Crippen LogP contribution in [0.3, 0.4) is 0 Å². The quantitative estimate of drug-likeness (QED) is 0.378. The van der Waals surface area contributed by atoms with Crippen LogP contribution in [0.15, 0.2) is 11.0 Å². The number of hydrogen-bond acceptors (Lipinski definition) is 6. The van der Waals surface area contributed by atoms with Crippen LogP contribution < -0.4 is 21.1 Å². The molecule has 0 bridgehead atoms. The van der Waals surface area contributed by atoms with Crippen molar-refractivity contribution in [1.82, 2.24) is 15.4 Å². The molecule has 2 fully saturated rings. The minimum Gasteiger partial charge on any atom is -0.364 e. The van der Waals surface area contributed by atoms with Crippen molar-refractivity contribution in [2.45, 2.75) is 51.0 Å². The van der Waals surface area contributed by atoms with Gasteiger partial charge in [-0.05, 0) is 26.7 Å². The number of alkyl halides is 3. The van der Waals surface area contributed by atoms with Crippen LogP contribution in [-0.4, -0.2) is 47.8 Å². The summed E-state index contributed by atoms with van der Waals surface area (Å²) in [5, 5.41) is 2.10. The average Bonchev–Trinajstić information content (AvgIpc) is 3.59. The Kier molecular flexibility index (Phi) is 6.19. The number of carbonyl (C=O) groups excluding carboxylic acids is 2. The molecule has 1 amide bonds. The van der Waals surface area contributed by atoms with E-state index in [9.17, 15) is 27.6 Å². The third-order valence-electron chi connectivity index (χ3n) is 5.80. The molecule has 2 aromatic rings. The van der Waals surface area contributed by atoms with E-state index in [1.54, 1.807) is 13.8 Å². The highest BCUT2D eigenvalue weighted by Gasteiger charge is 2.40. The third kappa shape index (κ3) is 4.54. The first-order chi connectivity index (χ1) is 16.3. The van der Waals surface area contributed by atoms with Gasteiger partial charge in [-0.2, -0.15) is 18.7 Å². The van der Waals surface area contributed by atoms with Crippen molar-refractivity contribution in [1.29, 1.82) is 0 Å². The second-order valence-corrected chi connectivity index (χ2v) is 8.72. The lowest BCUT2D eigenvalue weighted by molar-refractivity contribution is -0.182. The first-order valence-electron chi connectivity index (χ1n) is 10.7. The van der Waals surface area contributed by atoms with Crippen LogP contribution in [0.1, 0.15) is 43.1 Å². The van der Waals surface area contributed by atoms with Gasteiger partial charge in [0.1, 0.15) is 11.3 Å². The van der Waals surface area contributed by atoms with Gasteiger partial charge in [0.25, 0.3) is 0 Å². The summed E-state index contributed by atoms with van der Waals surface area (Å²) < 4.78 is 84.3. The number of carbonyl (C=O) groups is 2. The number of nitrogens with one attached hydrogen (secondary N) is 2. The van der Waals surface area contributed by atoms with Crippen LogP contribution in [0.4, 0.5) is 32.0 Å². The largest absolute Gasteiger partial charge is 0.474 e. The molecular weight excluding hydrogens is 486 g/mol. The van der Waals surface area contributed by atoms with Gasteiger partial charge in [0.2, 0.25) is 5.43 Å². The Morgan fingerprint density at radius 3 is 2.20 bits per heavy atom. The molecule has 4 rings (SSSR count). The maximum absolute atomic E-state index is 15.8. The zero-order chi connectivity index (χ0) is 25.8. The fourth-order valence-corrected chi connectivity index (χ4v) is 4.26. The number of rotatable bonds is 3. The number of hydrogen-bond donors (Lipinski definition) is 2. The normalized spacial score (nSPS) is 20.7. The van der Waals surface area contributed by atoms with E-state index in [-0.39, 0.29) is 25.2 Å². The summed E-state index contributed by atoms with van der Waals surface area (Å²) >= 11 is 0. The molecule has 2 atom stereocenters. The van der Waals surface area contributed by atoms with Gasteiger partial charge in [0.15, 0.2) is 17.5 Å². The molecule has 0 spiro atoms. The summed E-state index contributed by atoms with van der Waals surface area (Å²) in [5.74, 6) is -8.91. The van der Waals surface area contributed by atoms with E-state index in [2.05, 4.69) is 10.2 Å². The average molecular weight is 506 g/mol. The Bertz CT molecular complexity index is 1260. The van der Waals surface area contributed by atoms with Crippen molar-refractivity contribution in [3.63, 3.8) is 0 Å². The highest BCUT2D eigenvalue weighted by Crippen LogP contribution is 2.40. The minimum atomic E-state index is -5.38. The molecule has 2 aliphatic rings. The Labute approximate surface area is 193 Å². The van der Waals surface area contributed by atoms with Gasteiger partial charge in [-0.25, -0.2) is 18.0 Å². The summed E-state index contributed by atoms with van der Waals surface area (Å²) in [6.45, 7) is 3.87. The highest BCUT2D eigenvalue weighted by molar-refractivity contribution is 5.96. The van der Waals surface area contributed by atoms with Gasteiger partial charge in [0.05, 0.1) is 10.9 Å². The standard InChI is InChI=1S/C21H20F6N4O4/c1-8-5-30(6-9(2)28-8)17-14(23)13(22)12-16(15(17)24)31(10-3-4-10)7-11(18(12)32)19(33)35-29-20(34)21(25,26)27/h7-10,28H,3-6H2,1-2H3,(H,29,34)/t8-,9+. The first-order valence-corrected chi connectivity index (χ1v) is 10.7. The van der Waals surface area contributed by atoms with Crippen molar-refractivity contribution in [3.05, 3.63) is 39.4 Å². The Morgan fingerprint density at radius 1 is 1.06 bits per heavy atom. The minimum absolute atomic E-state index is 0.153. The topological polar surface area (TPSA) is 92.7 Å². The molecule has 2 heterocycles. The van der Waals surface area contributed by atoms with E-state index >= 15 is 13.2 Å². The molecule has 1 aromatic carbocycles. The SMILES string of the molecule is C[C@@H]1CN(c2c(F)c(F)c3c(=O)c(C(=O)ONC(=O)C(F)(F)F)cn(C4CC4)c3c2F)C[C@H](C)N1. The number of halogens is 6. The van der Waals surface area contributed by atoms with E-state index in [1.807, 2.05) is 0 Å². The van der Waals surface area contributed by atoms with Crippen molar-refractivity contribution in [3.8, 4) is 0 Å². The number of anilines is 1. The molecule has 14 heteroatoms. The second kappa shape index (κ2) is 8.73. The van der Waals surface area contributed by atoms with E-state index in [0.717, 1.165) is 16.2 Å². The van der Waals surface area contributed by atoms with Crippen LogP contribution in [0.2, 0.25) is 0 Å². The molecule has 8 nitrogen and oxygen atoms in total. The van der Waals surface area contributed by atoms with Crippen LogP contribution in [0.5, 0.6) is 0 Å². The molecule has 2 N–H and O–H groups in total. The van der Waals surface area contributed by atoms with Crippen molar-refractivity contribution < 1.29 is 40.8 Å². The van der Waals surface area contributed by atoms with E-state index in [0.29, 0.717) is 12.8 Å². The molecule has 0 unspecified atom stereocenters. The third-order valence-corrected chi connectivity index (χ3v) is 5.80. The van der Waals surface area contributed by atoms with Gasteiger partial charge in [-0.3, -0.25) is 9.59 Å². The number of amides is 1. The van der Waals surface area contributed by atoms with Gasteiger partial charge in [-0.15, -0.1) is 0 Å². The molecular formula is C21H20F6N4O4. The van der Waals surface area contributed by atoms with E-state index in [1.165, 1.54) is 4.90 Å². The zero-order valence-electron chi connectivity index (χ0n) is 18.4. The molecule has 35 heavy (non-hydrogen) atoms. The number of aromatic nitrogens is 1. The number of fused-ring (bicyclic) bond motifs is 1. The fraction of sp³-hybridized carbons (Fsp3) is 0.476. The summed E-state index contributed by atoms with van der Waals surface area (Å²) in [6.07, 6.45) is -3.64. The molecule has 1 aliphatic heterocycles. The molecule has 1 saturated carbocycles. The molecule has 1 aromatic heterocycles. The second-order valence-electron chi connectivity index (χ2n) is 8.72. The fourth-order valence-electron chi connectivity index (χ4n) is 4.26. The summed E-state index contributed by atoms with van der Waals surface area (Å²) in [7, 11) is 0. The summed E-state index contributed by atoms with van der Waals surface area (Å²) in [6, 6.07) is -0.820. The molecule has 1 aliphatic carbocycles. The van der Waals surface area contributed by atoms with E-state index in [4.69, 9.17) is 0 Å². The van der Waals surface area contributed by atoms with Crippen LogP contribution in [0, 0.1) is 17.5 Å². The smallest absolute Gasteiger partial charge is 0.364 e. The number of nitrogens with zero attached hydrogens (tertiary/aromatic N) is 2. The number of hydroxylamine groups is 1. The van der Waals surface area contributed by atoms with Crippen molar-refractivity contribution >= 4 is 28.5 Å². The summed E-state index contributed by atoms with van der Waals surface area (Å²) in [4.78, 5) is 41.4. The van der Waals surface area contributed by atoms with Crippen LogP contribution >= 0.6 is 0 Å². The Hall–Kier alpha value is -3.29. The maximum Gasteiger partial charge on any atom is 0.474 e. The predicted molar refractivity (Wildman–Crippen MR) is 110 cm³/mol. The van der Waals surface area contributed by atoms with Crippen molar-refractivity contribution in [2.75, 3.05) is 18.0 Å². The number of benzene rings is 1. The van der Waals surface area contributed by atoms with Crippen LogP contribution in [-0.2, 0) is 9.63 Å². The number of piperazine rings is 1. The molecule has 190 valence electrons. The van der Waals surface area contributed by atoms with Gasteiger partial charge >= 0.3 is 18.1 Å².